The Morgan fingerprint density at radius 3 is 2.44 bits per heavy atom. The van der Waals surface area contributed by atoms with Crippen LogP contribution in [0.4, 0.5) is 8.78 Å². The third kappa shape index (κ3) is 4.41. The van der Waals surface area contributed by atoms with Crippen LogP contribution in [0.3, 0.4) is 0 Å². The molecule has 1 fully saturated rings. The van der Waals surface area contributed by atoms with E-state index in [0.717, 1.165) is 48.8 Å². The summed E-state index contributed by atoms with van der Waals surface area (Å²) in [6.07, 6.45) is 3.66. The van der Waals surface area contributed by atoms with Crippen LogP contribution in [0.2, 0.25) is 0 Å². The van der Waals surface area contributed by atoms with Gasteiger partial charge >= 0.3 is 0 Å². The zero-order valence-corrected chi connectivity index (χ0v) is 18.5. The fourth-order valence-corrected chi connectivity index (χ4v) is 4.39. The number of methoxy groups -OCH3 is 3. The predicted octanol–water partition coefficient (Wildman–Crippen LogP) is 4.76. The molecule has 0 radical (unpaired) electrons. The van der Waals surface area contributed by atoms with Crippen LogP contribution >= 0.6 is 0 Å². The Kier molecular flexibility index (Phi) is 6.60. The molecule has 0 unspecified atom stereocenters. The highest BCUT2D eigenvalue weighted by Gasteiger charge is 2.27. The maximum absolute atomic E-state index is 13.8. The molecule has 6 nitrogen and oxygen atoms in total. The van der Waals surface area contributed by atoms with E-state index in [1.807, 2.05) is 12.1 Å². The van der Waals surface area contributed by atoms with Crippen molar-refractivity contribution in [1.29, 1.82) is 0 Å². The smallest absolute Gasteiger partial charge is 0.159 e. The molecule has 1 N–H and O–H groups in total. The SMILES string of the molecule is COc1cc(OC)c(CN2CCC[C@H](c3[nH]ncc3-c3ccc(F)c(F)c3)C2)c(OC)c1. The summed E-state index contributed by atoms with van der Waals surface area (Å²) in [5.74, 6) is 0.570. The first-order chi connectivity index (χ1) is 15.5. The van der Waals surface area contributed by atoms with Gasteiger partial charge in [0.25, 0.3) is 0 Å². The summed E-state index contributed by atoms with van der Waals surface area (Å²) < 4.78 is 43.7. The van der Waals surface area contributed by atoms with Gasteiger partial charge in [0.1, 0.15) is 17.2 Å². The number of H-pyrrole nitrogens is 1. The van der Waals surface area contributed by atoms with Gasteiger partial charge in [-0.1, -0.05) is 6.07 Å². The van der Waals surface area contributed by atoms with Gasteiger partial charge in [0.2, 0.25) is 0 Å². The summed E-state index contributed by atoms with van der Waals surface area (Å²) in [4.78, 5) is 2.34. The number of nitrogens with zero attached hydrogens (tertiary/aromatic N) is 2. The highest BCUT2D eigenvalue weighted by Crippen LogP contribution is 2.38. The van der Waals surface area contributed by atoms with Crippen LogP contribution in [0.5, 0.6) is 17.2 Å². The van der Waals surface area contributed by atoms with Gasteiger partial charge in [-0.25, -0.2) is 8.78 Å². The molecule has 32 heavy (non-hydrogen) atoms. The Morgan fingerprint density at radius 1 is 1.03 bits per heavy atom. The first kappa shape index (κ1) is 22.1. The summed E-state index contributed by atoms with van der Waals surface area (Å²) >= 11 is 0. The van der Waals surface area contributed by atoms with Crippen LogP contribution < -0.4 is 14.2 Å². The molecule has 0 aliphatic carbocycles. The van der Waals surface area contributed by atoms with Crippen LogP contribution in [0.15, 0.2) is 36.5 Å². The molecule has 0 amide bonds. The minimum absolute atomic E-state index is 0.185. The van der Waals surface area contributed by atoms with Gasteiger partial charge in [-0.05, 0) is 37.1 Å². The fraction of sp³-hybridized carbons (Fsp3) is 0.375. The Hall–Kier alpha value is -3.13. The molecule has 4 rings (SSSR count). The summed E-state index contributed by atoms with van der Waals surface area (Å²) in [7, 11) is 4.88. The molecule has 1 saturated heterocycles. The molecule has 0 saturated carbocycles. The molecule has 3 aromatic rings. The molecule has 1 aliphatic heterocycles. The van der Waals surface area contributed by atoms with Gasteiger partial charge in [-0.3, -0.25) is 10.00 Å². The number of hydrogen-bond acceptors (Lipinski definition) is 5. The number of rotatable bonds is 7. The summed E-state index contributed by atoms with van der Waals surface area (Å²) in [6, 6.07) is 7.67. The second-order valence-corrected chi connectivity index (χ2v) is 7.91. The molecule has 1 aromatic heterocycles. The lowest BCUT2D eigenvalue weighted by atomic mass is 9.90. The van der Waals surface area contributed by atoms with E-state index in [4.69, 9.17) is 14.2 Å². The lowest BCUT2D eigenvalue weighted by Gasteiger charge is -2.33. The van der Waals surface area contributed by atoms with Crippen molar-refractivity contribution in [3.05, 3.63) is 59.4 Å². The molecular formula is C24H27F2N3O3. The van der Waals surface area contributed by atoms with Crippen LogP contribution in [0.1, 0.15) is 30.0 Å². The molecular weight excluding hydrogens is 416 g/mol. The topological polar surface area (TPSA) is 59.6 Å². The second kappa shape index (κ2) is 9.56. The number of likely N-dealkylation sites (tertiary alicyclic amines) is 1. The quantitative estimate of drug-likeness (QED) is 0.571. The first-order valence-electron chi connectivity index (χ1n) is 10.5. The minimum atomic E-state index is -0.862. The van der Waals surface area contributed by atoms with Crippen LogP contribution in [0, 0.1) is 11.6 Å². The van der Waals surface area contributed by atoms with E-state index in [1.54, 1.807) is 33.6 Å². The summed E-state index contributed by atoms with van der Waals surface area (Å²) in [5.41, 5.74) is 3.31. The summed E-state index contributed by atoms with van der Waals surface area (Å²) in [6.45, 7) is 2.38. The zero-order chi connectivity index (χ0) is 22.7. The predicted molar refractivity (Wildman–Crippen MR) is 117 cm³/mol. The number of nitrogens with one attached hydrogen (secondary N) is 1. The van der Waals surface area contributed by atoms with Crippen molar-refractivity contribution in [2.75, 3.05) is 34.4 Å². The van der Waals surface area contributed by atoms with Gasteiger partial charge < -0.3 is 14.2 Å². The highest BCUT2D eigenvalue weighted by atomic mass is 19.2. The van der Waals surface area contributed by atoms with E-state index >= 15 is 0 Å². The third-order valence-corrected chi connectivity index (χ3v) is 6.01. The maximum atomic E-state index is 13.8. The maximum Gasteiger partial charge on any atom is 0.159 e. The van der Waals surface area contributed by atoms with Crippen molar-refractivity contribution in [1.82, 2.24) is 15.1 Å². The number of hydrogen-bond donors (Lipinski definition) is 1. The van der Waals surface area contributed by atoms with Crippen molar-refractivity contribution in [2.45, 2.75) is 25.3 Å². The lowest BCUT2D eigenvalue weighted by Crippen LogP contribution is -2.34. The average Bonchev–Trinajstić information content (AvgIpc) is 3.31. The number of piperidine rings is 1. The molecule has 8 heteroatoms. The average molecular weight is 443 g/mol. The van der Waals surface area contributed by atoms with Crippen molar-refractivity contribution in [3.8, 4) is 28.4 Å². The van der Waals surface area contributed by atoms with Gasteiger partial charge in [0.15, 0.2) is 11.6 Å². The van der Waals surface area contributed by atoms with Crippen molar-refractivity contribution < 1.29 is 23.0 Å². The highest BCUT2D eigenvalue weighted by molar-refractivity contribution is 5.66. The molecule has 1 aliphatic rings. The Bertz CT molecular complexity index is 1060. The zero-order valence-electron chi connectivity index (χ0n) is 18.5. The van der Waals surface area contributed by atoms with E-state index in [-0.39, 0.29) is 5.92 Å². The number of benzene rings is 2. The Morgan fingerprint density at radius 2 is 1.78 bits per heavy atom. The third-order valence-electron chi connectivity index (χ3n) is 6.01. The van der Waals surface area contributed by atoms with Gasteiger partial charge in [-0.15, -0.1) is 0 Å². The molecule has 170 valence electrons. The van der Waals surface area contributed by atoms with E-state index in [9.17, 15) is 8.78 Å². The van der Waals surface area contributed by atoms with Crippen molar-refractivity contribution >= 4 is 0 Å². The molecule has 0 bridgehead atoms. The molecule has 1 atom stereocenters. The van der Waals surface area contributed by atoms with Crippen molar-refractivity contribution in [3.63, 3.8) is 0 Å². The van der Waals surface area contributed by atoms with Crippen LogP contribution in [0.25, 0.3) is 11.1 Å². The van der Waals surface area contributed by atoms with E-state index in [2.05, 4.69) is 15.1 Å². The normalized spacial score (nSPS) is 16.7. The van der Waals surface area contributed by atoms with Crippen LogP contribution in [-0.2, 0) is 6.54 Å². The Labute approximate surface area is 186 Å². The lowest BCUT2D eigenvalue weighted by molar-refractivity contribution is 0.194. The van der Waals surface area contributed by atoms with E-state index in [0.29, 0.717) is 29.4 Å². The minimum Gasteiger partial charge on any atom is -0.496 e. The second-order valence-electron chi connectivity index (χ2n) is 7.91. The van der Waals surface area contributed by atoms with Gasteiger partial charge in [0.05, 0.1) is 33.1 Å². The van der Waals surface area contributed by atoms with E-state index < -0.39 is 11.6 Å². The molecule has 2 heterocycles. The van der Waals surface area contributed by atoms with Crippen molar-refractivity contribution in [2.24, 2.45) is 0 Å². The number of aromatic nitrogens is 2. The van der Waals surface area contributed by atoms with Gasteiger partial charge in [0, 0.05) is 42.4 Å². The molecule has 0 spiro atoms. The number of aromatic amines is 1. The number of ether oxygens (including phenoxy) is 3. The Balaban J connectivity index is 1.57. The van der Waals surface area contributed by atoms with Gasteiger partial charge in [-0.2, -0.15) is 5.10 Å². The van der Waals surface area contributed by atoms with Crippen LogP contribution in [-0.4, -0.2) is 49.5 Å². The molecule has 2 aromatic carbocycles. The summed E-state index contributed by atoms with van der Waals surface area (Å²) in [5, 5.41) is 7.29. The van der Waals surface area contributed by atoms with E-state index in [1.165, 1.54) is 6.07 Å². The number of halogens is 2. The fourth-order valence-electron chi connectivity index (χ4n) is 4.39. The monoisotopic (exact) mass is 443 g/mol. The largest absolute Gasteiger partial charge is 0.496 e. The first-order valence-corrected chi connectivity index (χ1v) is 10.5. The standard InChI is InChI=1S/C24H27F2N3O3/c1-30-17-10-22(31-2)19(23(11-17)32-3)14-29-8-4-5-16(13-29)24-18(12-27-28-24)15-6-7-20(25)21(26)9-15/h6-7,9-12,16H,4-5,8,13-14H2,1-3H3,(H,27,28)/t16-/m0/s1.